The van der Waals surface area contributed by atoms with Gasteiger partial charge in [0.25, 0.3) is 5.91 Å². The average Bonchev–Trinajstić information content (AvgIpc) is 3.03. The Labute approximate surface area is 151 Å². The van der Waals surface area contributed by atoms with E-state index in [9.17, 15) is 13.4 Å². The topological polar surface area (TPSA) is 59.1 Å². The van der Waals surface area contributed by atoms with Gasteiger partial charge in [0.2, 0.25) is 0 Å². The summed E-state index contributed by atoms with van der Waals surface area (Å²) in [5.41, 5.74) is 2.58. The molecule has 4 nitrogen and oxygen atoms in total. The first-order valence-electron chi connectivity index (χ1n) is 7.43. The summed E-state index contributed by atoms with van der Waals surface area (Å²) >= 11 is 1.27. The summed E-state index contributed by atoms with van der Waals surface area (Å²) in [5.74, 6) is -0.215. The lowest BCUT2D eigenvalue weighted by molar-refractivity contribution is 0.102. The third kappa shape index (κ3) is 4.58. The molecule has 0 saturated carbocycles. The molecule has 7 heteroatoms. The van der Waals surface area contributed by atoms with Gasteiger partial charge in [-0.15, -0.1) is 11.3 Å². The summed E-state index contributed by atoms with van der Waals surface area (Å²) in [6.07, 6.45) is 1.62. The van der Waals surface area contributed by atoms with Crippen molar-refractivity contribution in [3.8, 4) is 11.3 Å². The molecule has 1 unspecified atom stereocenters. The van der Waals surface area contributed by atoms with Crippen LogP contribution in [0.1, 0.15) is 15.9 Å². The van der Waals surface area contributed by atoms with Crippen LogP contribution in [0.25, 0.3) is 11.3 Å². The molecule has 3 rings (SSSR count). The van der Waals surface area contributed by atoms with Crippen molar-refractivity contribution in [3.63, 3.8) is 0 Å². The minimum atomic E-state index is -0.968. The maximum absolute atomic E-state index is 13.3. The third-order valence-corrected chi connectivity index (χ3v) is 4.90. The van der Waals surface area contributed by atoms with E-state index in [4.69, 9.17) is 0 Å². The third-order valence-electron chi connectivity index (χ3n) is 3.40. The highest BCUT2D eigenvalue weighted by molar-refractivity contribution is 7.83. The molecule has 0 aliphatic rings. The van der Waals surface area contributed by atoms with E-state index in [0.717, 1.165) is 5.56 Å². The normalized spacial score (nSPS) is 11.9. The molecule has 1 atom stereocenters. The van der Waals surface area contributed by atoms with Crippen molar-refractivity contribution >= 4 is 33.2 Å². The summed E-state index contributed by atoms with van der Waals surface area (Å²) in [5, 5.41) is 4.95. The van der Waals surface area contributed by atoms with Gasteiger partial charge in [-0.1, -0.05) is 24.3 Å². The number of amides is 1. The Bertz CT molecular complexity index is 940. The molecule has 128 valence electrons. The highest BCUT2D eigenvalue weighted by atomic mass is 32.2. The number of carbonyl (C=O) groups is 1. The van der Waals surface area contributed by atoms with E-state index in [1.165, 1.54) is 23.5 Å². The number of hydrogen-bond acceptors (Lipinski definition) is 4. The van der Waals surface area contributed by atoms with Crippen molar-refractivity contribution in [2.24, 2.45) is 0 Å². The maximum atomic E-state index is 13.3. The molecular formula is C18H15FN2O2S2. The lowest BCUT2D eigenvalue weighted by atomic mass is 10.1. The first kappa shape index (κ1) is 17.4. The van der Waals surface area contributed by atoms with Gasteiger partial charge in [0, 0.05) is 39.3 Å². The van der Waals surface area contributed by atoms with Crippen LogP contribution in [0.3, 0.4) is 0 Å². The molecule has 1 amide bonds. The SMILES string of the molecule is CS(=O)Cc1cccc(C(=O)Nc2nc(-c3cccc(F)c3)cs2)c1. The highest BCUT2D eigenvalue weighted by Gasteiger charge is 2.11. The molecule has 2 aromatic carbocycles. The monoisotopic (exact) mass is 374 g/mol. The van der Waals surface area contributed by atoms with Crippen LogP contribution in [0.5, 0.6) is 0 Å². The zero-order chi connectivity index (χ0) is 17.8. The van der Waals surface area contributed by atoms with Gasteiger partial charge in [0.1, 0.15) is 5.82 Å². The molecule has 25 heavy (non-hydrogen) atoms. The molecule has 3 aromatic rings. The van der Waals surface area contributed by atoms with E-state index in [1.54, 1.807) is 42.0 Å². The molecule has 1 N–H and O–H groups in total. The van der Waals surface area contributed by atoms with Crippen molar-refractivity contribution in [3.05, 3.63) is 70.9 Å². The second-order valence-electron chi connectivity index (χ2n) is 5.42. The lowest BCUT2D eigenvalue weighted by Gasteiger charge is -2.04. The smallest absolute Gasteiger partial charge is 0.257 e. The van der Waals surface area contributed by atoms with Gasteiger partial charge in [-0.25, -0.2) is 9.37 Å². The number of carbonyl (C=O) groups excluding carboxylic acids is 1. The summed E-state index contributed by atoms with van der Waals surface area (Å²) in [6.45, 7) is 0. The van der Waals surface area contributed by atoms with Gasteiger partial charge in [-0.3, -0.25) is 14.3 Å². The molecule has 0 aliphatic heterocycles. The van der Waals surface area contributed by atoms with Gasteiger partial charge < -0.3 is 0 Å². The van der Waals surface area contributed by atoms with Crippen molar-refractivity contribution in [1.82, 2.24) is 4.98 Å². The molecule has 1 heterocycles. The summed E-state index contributed by atoms with van der Waals surface area (Å²) in [6, 6.07) is 13.2. The number of rotatable bonds is 5. The molecule has 0 spiro atoms. The van der Waals surface area contributed by atoms with E-state index in [1.807, 2.05) is 6.07 Å². The first-order valence-corrected chi connectivity index (χ1v) is 10.0. The van der Waals surface area contributed by atoms with Crippen LogP contribution in [0, 0.1) is 5.82 Å². The Balaban J connectivity index is 1.75. The summed E-state index contributed by atoms with van der Waals surface area (Å²) in [4.78, 5) is 16.7. The van der Waals surface area contributed by atoms with Crippen LogP contribution in [0.15, 0.2) is 53.9 Å². The lowest BCUT2D eigenvalue weighted by Crippen LogP contribution is -2.12. The second kappa shape index (κ2) is 7.67. The van der Waals surface area contributed by atoms with Crippen LogP contribution in [0.4, 0.5) is 9.52 Å². The zero-order valence-corrected chi connectivity index (χ0v) is 15.0. The number of hydrogen-bond donors (Lipinski definition) is 1. The van der Waals surface area contributed by atoms with Crippen LogP contribution in [-0.2, 0) is 16.6 Å². The standard InChI is InChI=1S/C18H15FN2O2S2/c1-25(23)11-12-4-2-6-14(8-12)17(22)21-18-20-16(10-24-18)13-5-3-7-15(19)9-13/h2-10H,11H2,1H3,(H,20,21,22). The van der Waals surface area contributed by atoms with Crippen LogP contribution in [-0.4, -0.2) is 21.4 Å². The number of aromatic nitrogens is 1. The number of nitrogens with zero attached hydrogens (tertiary/aromatic N) is 1. The van der Waals surface area contributed by atoms with Gasteiger partial charge in [-0.2, -0.15) is 0 Å². The van der Waals surface area contributed by atoms with Gasteiger partial charge >= 0.3 is 0 Å². The van der Waals surface area contributed by atoms with Crippen LogP contribution < -0.4 is 5.32 Å². The fraction of sp³-hybridized carbons (Fsp3) is 0.111. The number of thiazole rings is 1. The van der Waals surface area contributed by atoms with E-state index in [-0.39, 0.29) is 11.7 Å². The van der Waals surface area contributed by atoms with Crippen LogP contribution in [0.2, 0.25) is 0 Å². The zero-order valence-electron chi connectivity index (χ0n) is 13.4. The second-order valence-corrected chi connectivity index (χ2v) is 7.71. The summed E-state index contributed by atoms with van der Waals surface area (Å²) < 4.78 is 24.6. The Hall–Kier alpha value is -2.38. The predicted octanol–water partition coefficient (Wildman–Crippen LogP) is 4.08. The van der Waals surface area contributed by atoms with E-state index in [0.29, 0.717) is 27.7 Å². The van der Waals surface area contributed by atoms with Crippen molar-refractivity contribution < 1.29 is 13.4 Å². The molecule has 0 saturated heterocycles. The van der Waals surface area contributed by atoms with E-state index >= 15 is 0 Å². The largest absolute Gasteiger partial charge is 0.298 e. The number of benzene rings is 2. The van der Waals surface area contributed by atoms with Crippen LogP contribution >= 0.6 is 11.3 Å². The van der Waals surface area contributed by atoms with Gasteiger partial charge in [0.05, 0.1) is 5.69 Å². The Morgan fingerprint density at radius 3 is 2.80 bits per heavy atom. The highest BCUT2D eigenvalue weighted by Crippen LogP contribution is 2.25. The molecule has 0 bridgehead atoms. The molecule has 0 fully saturated rings. The fourth-order valence-corrected chi connectivity index (χ4v) is 3.68. The number of halogens is 1. The predicted molar refractivity (Wildman–Crippen MR) is 99.7 cm³/mol. The Morgan fingerprint density at radius 2 is 2.04 bits per heavy atom. The Kier molecular flexibility index (Phi) is 5.35. The quantitative estimate of drug-likeness (QED) is 0.732. The van der Waals surface area contributed by atoms with Gasteiger partial charge in [-0.05, 0) is 29.8 Å². The van der Waals surface area contributed by atoms with Crippen molar-refractivity contribution in [2.45, 2.75) is 5.75 Å². The minimum Gasteiger partial charge on any atom is -0.298 e. The van der Waals surface area contributed by atoms with Gasteiger partial charge in [0.15, 0.2) is 5.13 Å². The van der Waals surface area contributed by atoms with E-state index in [2.05, 4.69) is 10.3 Å². The molecule has 1 aromatic heterocycles. The molecular weight excluding hydrogens is 359 g/mol. The van der Waals surface area contributed by atoms with Crippen molar-refractivity contribution in [1.29, 1.82) is 0 Å². The summed E-state index contributed by atoms with van der Waals surface area (Å²) in [7, 11) is -0.968. The minimum absolute atomic E-state index is 0.288. The number of nitrogens with one attached hydrogen (secondary N) is 1. The fourth-order valence-electron chi connectivity index (χ4n) is 2.32. The van der Waals surface area contributed by atoms with E-state index < -0.39 is 10.8 Å². The number of anilines is 1. The molecule has 0 aliphatic carbocycles. The average molecular weight is 374 g/mol. The first-order chi connectivity index (χ1) is 12.0. The Morgan fingerprint density at radius 1 is 1.24 bits per heavy atom. The van der Waals surface area contributed by atoms with Crippen molar-refractivity contribution in [2.75, 3.05) is 11.6 Å². The maximum Gasteiger partial charge on any atom is 0.257 e. The molecule has 0 radical (unpaired) electrons.